The number of ether oxygens (including phenoxy) is 2. The lowest BCUT2D eigenvalue weighted by Crippen LogP contribution is -2.19. The molecule has 0 bridgehead atoms. The Labute approximate surface area is 123 Å². The number of carbonyl (C=O) groups is 1. The van der Waals surface area contributed by atoms with E-state index < -0.39 is 5.97 Å². The van der Waals surface area contributed by atoms with Crippen LogP contribution in [0.2, 0.25) is 5.28 Å². The molecule has 1 aliphatic rings. The summed E-state index contributed by atoms with van der Waals surface area (Å²) < 4.78 is 10.6. The molecule has 1 aromatic rings. The molecule has 0 fully saturated rings. The quantitative estimate of drug-likeness (QED) is 0.631. The van der Waals surface area contributed by atoms with Crippen LogP contribution in [0.25, 0.3) is 0 Å². The van der Waals surface area contributed by atoms with Crippen molar-refractivity contribution in [2.45, 2.75) is 33.3 Å². The van der Waals surface area contributed by atoms with Crippen LogP contribution < -0.4 is 0 Å². The first kappa shape index (κ1) is 14.8. The maximum Gasteiger partial charge on any atom is 0.342 e. The molecule has 1 aromatic heterocycles. The molecular formula is C14H17ClN2O3. The molecule has 0 radical (unpaired) electrons. The first-order valence-electron chi connectivity index (χ1n) is 6.64. The van der Waals surface area contributed by atoms with Crippen molar-refractivity contribution in [1.82, 2.24) is 9.97 Å². The van der Waals surface area contributed by atoms with Gasteiger partial charge in [0, 0.05) is 5.92 Å². The van der Waals surface area contributed by atoms with E-state index in [2.05, 4.69) is 9.97 Å². The molecule has 6 heteroatoms. The van der Waals surface area contributed by atoms with Crippen molar-refractivity contribution in [3.63, 3.8) is 0 Å². The number of hydrogen-bond donors (Lipinski definition) is 0. The van der Waals surface area contributed by atoms with Gasteiger partial charge in [-0.05, 0) is 31.0 Å². The Morgan fingerprint density at radius 2 is 2.20 bits per heavy atom. The molecule has 108 valence electrons. The predicted molar refractivity (Wildman–Crippen MR) is 74.5 cm³/mol. The van der Waals surface area contributed by atoms with Gasteiger partial charge in [-0.2, -0.15) is 0 Å². The summed E-state index contributed by atoms with van der Waals surface area (Å²) in [6.45, 7) is 5.95. The lowest BCUT2D eigenvalue weighted by molar-refractivity contribution is 0.0513. The van der Waals surface area contributed by atoms with E-state index in [4.69, 9.17) is 21.1 Å². The van der Waals surface area contributed by atoms with Gasteiger partial charge in [-0.1, -0.05) is 13.8 Å². The second kappa shape index (κ2) is 6.22. The Morgan fingerprint density at radius 3 is 2.75 bits per heavy atom. The maximum absolute atomic E-state index is 12.2. The summed E-state index contributed by atoms with van der Waals surface area (Å²) in [7, 11) is 0. The molecule has 0 aromatic carbocycles. The van der Waals surface area contributed by atoms with Crippen LogP contribution in [0, 0.1) is 5.92 Å². The number of hydrogen-bond acceptors (Lipinski definition) is 5. The highest BCUT2D eigenvalue weighted by molar-refractivity contribution is 6.28. The zero-order chi connectivity index (χ0) is 14.7. The van der Waals surface area contributed by atoms with E-state index in [1.165, 1.54) is 0 Å². The van der Waals surface area contributed by atoms with Gasteiger partial charge in [0.1, 0.15) is 17.4 Å². The minimum atomic E-state index is -0.432. The van der Waals surface area contributed by atoms with E-state index in [0.29, 0.717) is 30.0 Å². The van der Waals surface area contributed by atoms with Crippen LogP contribution >= 0.6 is 11.6 Å². The van der Waals surface area contributed by atoms with E-state index in [1.807, 2.05) is 19.9 Å². The van der Waals surface area contributed by atoms with Crippen molar-refractivity contribution in [1.29, 1.82) is 0 Å². The predicted octanol–water partition coefficient (Wildman–Crippen LogP) is 3.09. The summed E-state index contributed by atoms with van der Waals surface area (Å²) in [4.78, 5) is 20.5. The number of aromatic nitrogens is 2. The van der Waals surface area contributed by atoms with E-state index in [0.717, 1.165) is 0 Å². The van der Waals surface area contributed by atoms with E-state index >= 15 is 0 Å². The fourth-order valence-corrected chi connectivity index (χ4v) is 2.37. The zero-order valence-corrected chi connectivity index (χ0v) is 12.5. The molecule has 0 aliphatic carbocycles. The van der Waals surface area contributed by atoms with Gasteiger partial charge in [0.05, 0.1) is 18.6 Å². The monoisotopic (exact) mass is 296 g/mol. The third-order valence-electron chi connectivity index (χ3n) is 3.15. The number of rotatable bonds is 4. The number of halogens is 1. The van der Waals surface area contributed by atoms with Crippen LogP contribution in [0.1, 0.15) is 48.6 Å². The van der Waals surface area contributed by atoms with Crippen LogP contribution in [0.3, 0.4) is 0 Å². The summed E-state index contributed by atoms with van der Waals surface area (Å²) in [5.41, 5.74) is 1.46. The molecule has 0 saturated heterocycles. The standard InChI is InChI=1S/C14H17ClN2O3/c1-4-9-10(13(18)19-5-2)11(17-14(15)16-9)12-8(3)6-7-20-12/h6-8,12H,4-5H2,1-3H3. The average Bonchev–Trinajstić information content (AvgIpc) is 2.83. The zero-order valence-electron chi connectivity index (χ0n) is 11.7. The average molecular weight is 297 g/mol. The van der Waals surface area contributed by atoms with Gasteiger partial charge in [-0.15, -0.1) is 0 Å². The van der Waals surface area contributed by atoms with E-state index in [-0.39, 0.29) is 17.3 Å². The van der Waals surface area contributed by atoms with Gasteiger partial charge in [0.25, 0.3) is 0 Å². The van der Waals surface area contributed by atoms with Crippen LogP contribution in [-0.4, -0.2) is 22.5 Å². The molecule has 0 amide bonds. The van der Waals surface area contributed by atoms with Crippen molar-refractivity contribution in [2.75, 3.05) is 6.61 Å². The molecule has 2 heterocycles. The van der Waals surface area contributed by atoms with Crippen molar-refractivity contribution < 1.29 is 14.3 Å². The van der Waals surface area contributed by atoms with Gasteiger partial charge in [-0.3, -0.25) is 0 Å². The third kappa shape index (κ3) is 2.77. The third-order valence-corrected chi connectivity index (χ3v) is 3.32. The lowest BCUT2D eigenvalue weighted by Gasteiger charge is -2.19. The molecule has 0 N–H and O–H groups in total. The molecule has 1 aliphatic heterocycles. The number of carbonyl (C=O) groups excluding carboxylic acids is 1. The molecule has 2 atom stereocenters. The Bertz CT molecular complexity index is 545. The molecule has 5 nitrogen and oxygen atoms in total. The normalized spacial score (nSPS) is 20.8. The molecular weight excluding hydrogens is 280 g/mol. The minimum Gasteiger partial charge on any atom is -0.491 e. The summed E-state index contributed by atoms with van der Waals surface area (Å²) >= 11 is 5.96. The molecule has 20 heavy (non-hydrogen) atoms. The van der Waals surface area contributed by atoms with Gasteiger partial charge >= 0.3 is 5.97 Å². The molecule has 0 saturated carbocycles. The number of nitrogens with zero attached hydrogens (tertiary/aromatic N) is 2. The maximum atomic E-state index is 12.2. The minimum absolute atomic E-state index is 0.110. The van der Waals surface area contributed by atoms with E-state index in [1.54, 1.807) is 13.2 Å². The van der Waals surface area contributed by atoms with Crippen molar-refractivity contribution in [2.24, 2.45) is 5.92 Å². The number of esters is 1. The first-order valence-corrected chi connectivity index (χ1v) is 7.01. The Kier molecular flexibility index (Phi) is 4.60. The smallest absolute Gasteiger partial charge is 0.342 e. The van der Waals surface area contributed by atoms with E-state index in [9.17, 15) is 4.79 Å². The van der Waals surface area contributed by atoms with Crippen molar-refractivity contribution in [3.05, 3.63) is 34.6 Å². The highest BCUT2D eigenvalue weighted by Crippen LogP contribution is 2.34. The van der Waals surface area contributed by atoms with Gasteiger partial charge in [-0.25, -0.2) is 14.8 Å². The largest absolute Gasteiger partial charge is 0.491 e. The summed E-state index contributed by atoms with van der Waals surface area (Å²) in [6.07, 6.45) is 3.77. The highest BCUT2D eigenvalue weighted by atomic mass is 35.5. The Balaban J connectivity index is 2.53. The molecule has 0 spiro atoms. The SMILES string of the molecule is CCOC(=O)c1c(CC)nc(Cl)nc1C1OC=CC1C. The second-order valence-electron chi connectivity index (χ2n) is 4.52. The summed E-state index contributed by atoms with van der Waals surface area (Å²) in [5, 5.41) is 0.118. The first-order chi connectivity index (χ1) is 9.58. The fraction of sp³-hybridized carbons (Fsp3) is 0.500. The van der Waals surface area contributed by atoms with Crippen LogP contribution in [0.15, 0.2) is 12.3 Å². The Morgan fingerprint density at radius 1 is 1.45 bits per heavy atom. The summed E-state index contributed by atoms with van der Waals surface area (Å²) in [5.74, 6) is -0.322. The second-order valence-corrected chi connectivity index (χ2v) is 4.86. The number of aryl methyl sites for hydroxylation is 1. The van der Waals surface area contributed by atoms with Crippen LogP contribution in [0.4, 0.5) is 0 Å². The van der Waals surface area contributed by atoms with Gasteiger partial charge < -0.3 is 9.47 Å². The van der Waals surface area contributed by atoms with Gasteiger partial charge in [0.2, 0.25) is 5.28 Å². The fourth-order valence-electron chi connectivity index (χ4n) is 2.17. The van der Waals surface area contributed by atoms with Crippen molar-refractivity contribution >= 4 is 17.6 Å². The lowest BCUT2D eigenvalue weighted by atomic mass is 9.98. The van der Waals surface area contributed by atoms with Crippen molar-refractivity contribution in [3.8, 4) is 0 Å². The Hall–Kier alpha value is -1.62. The van der Waals surface area contributed by atoms with Crippen LogP contribution in [-0.2, 0) is 15.9 Å². The molecule has 2 unspecified atom stereocenters. The topological polar surface area (TPSA) is 61.3 Å². The molecule has 2 rings (SSSR count). The van der Waals surface area contributed by atoms with Crippen LogP contribution in [0.5, 0.6) is 0 Å². The van der Waals surface area contributed by atoms with Gasteiger partial charge in [0.15, 0.2) is 0 Å². The highest BCUT2D eigenvalue weighted by Gasteiger charge is 2.31. The summed E-state index contributed by atoms with van der Waals surface area (Å²) in [6, 6.07) is 0.